The lowest BCUT2D eigenvalue weighted by Gasteiger charge is -2.36. The standard InChI is InChI=1S/C17H27NOS/c1-13(2)16-10-9-14(3)11-17(16)20(19)18-12-15-7-5-4-6-8-15/h4-8,13-14,16-18H,9-12H2,1-3H3. The van der Waals surface area contributed by atoms with Crippen molar-refractivity contribution in [1.29, 1.82) is 0 Å². The molecule has 2 nitrogen and oxygen atoms in total. The summed E-state index contributed by atoms with van der Waals surface area (Å²) in [6.45, 7) is 7.52. The summed E-state index contributed by atoms with van der Waals surface area (Å²) in [5.41, 5.74) is 1.20. The molecular formula is C17H27NOS. The third-order valence-corrected chi connectivity index (χ3v) is 6.02. The van der Waals surface area contributed by atoms with E-state index in [1.807, 2.05) is 18.2 Å². The van der Waals surface area contributed by atoms with Gasteiger partial charge < -0.3 is 0 Å². The maximum Gasteiger partial charge on any atom is 0.0953 e. The zero-order chi connectivity index (χ0) is 14.5. The van der Waals surface area contributed by atoms with Crippen LogP contribution in [0.4, 0.5) is 0 Å². The Kier molecular flexibility index (Phi) is 5.79. The predicted octanol–water partition coefficient (Wildman–Crippen LogP) is 3.90. The molecule has 3 heteroatoms. The average Bonchev–Trinajstić information content (AvgIpc) is 2.45. The van der Waals surface area contributed by atoms with Crippen molar-refractivity contribution in [3.8, 4) is 0 Å². The Labute approximate surface area is 125 Å². The van der Waals surface area contributed by atoms with Gasteiger partial charge in [-0.05, 0) is 36.2 Å². The van der Waals surface area contributed by atoms with E-state index in [4.69, 9.17) is 0 Å². The van der Waals surface area contributed by atoms with Crippen molar-refractivity contribution in [2.75, 3.05) is 0 Å². The summed E-state index contributed by atoms with van der Waals surface area (Å²) in [5, 5.41) is 0.308. The minimum Gasteiger partial charge on any atom is -0.243 e. The van der Waals surface area contributed by atoms with Crippen LogP contribution in [0.2, 0.25) is 0 Å². The average molecular weight is 293 g/mol. The number of benzene rings is 1. The predicted molar refractivity (Wildman–Crippen MR) is 86.6 cm³/mol. The molecule has 0 saturated heterocycles. The Bertz CT molecular complexity index is 432. The highest BCUT2D eigenvalue weighted by Gasteiger charge is 2.34. The van der Waals surface area contributed by atoms with E-state index >= 15 is 0 Å². The first-order valence-electron chi connectivity index (χ1n) is 7.76. The Balaban J connectivity index is 1.95. The zero-order valence-electron chi connectivity index (χ0n) is 12.8. The molecule has 1 saturated carbocycles. The van der Waals surface area contributed by atoms with Gasteiger partial charge in [0.25, 0.3) is 0 Å². The molecule has 4 atom stereocenters. The SMILES string of the molecule is CC1CCC(C(C)C)C(S(=O)NCc2ccccc2)C1. The van der Waals surface area contributed by atoms with Crippen LogP contribution in [0.3, 0.4) is 0 Å². The summed E-state index contributed by atoms with van der Waals surface area (Å²) >= 11 is 0. The molecule has 0 bridgehead atoms. The molecule has 0 radical (unpaired) electrons. The molecule has 1 aromatic rings. The third-order valence-electron chi connectivity index (χ3n) is 4.50. The quantitative estimate of drug-likeness (QED) is 0.876. The van der Waals surface area contributed by atoms with E-state index in [0.717, 1.165) is 6.42 Å². The normalized spacial score (nSPS) is 28.5. The molecule has 1 fully saturated rings. The van der Waals surface area contributed by atoms with Crippen molar-refractivity contribution in [3.63, 3.8) is 0 Å². The summed E-state index contributed by atoms with van der Waals surface area (Å²) in [7, 11) is -0.928. The van der Waals surface area contributed by atoms with Crippen LogP contribution in [0.5, 0.6) is 0 Å². The molecule has 1 aliphatic carbocycles. The molecule has 0 amide bonds. The van der Waals surface area contributed by atoms with Crippen LogP contribution < -0.4 is 4.72 Å². The molecule has 1 aliphatic rings. The second-order valence-corrected chi connectivity index (χ2v) is 7.96. The monoisotopic (exact) mass is 293 g/mol. The zero-order valence-corrected chi connectivity index (χ0v) is 13.7. The number of rotatable bonds is 5. The Morgan fingerprint density at radius 1 is 1.25 bits per heavy atom. The van der Waals surface area contributed by atoms with Crippen LogP contribution in [-0.2, 0) is 17.5 Å². The molecule has 1 aromatic carbocycles. The van der Waals surface area contributed by atoms with E-state index in [9.17, 15) is 4.21 Å². The van der Waals surface area contributed by atoms with Crippen LogP contribution in [-0.4, -0.2) is 9.46 Å². The first kappa shape index (κ1) is 15.7. The molecule has 0 spiro atoms. The largest absolute Gasteiger partial charge is 0.243 e. The topological polar surface area (TPSA) is 29.1 Å². The van der Waals surface area contributed by atoms with Crippen LogP contribution in [0.15, 0.2) is 30.3 Å². The molecular weight excluding hydrogens is 266 g/mol. The fraction of sp³-hybridized carbons (Fsp3) is 0.647. The van der Waals surface area contributed by atoms with E-state index in [2.05, 4.69) is 37.6 Å². The van der Waals surface area contributed by atoms with Gasteiger partial charge >= 0.3 is 0 Å². The second kappa shape index (κ2) is 7.37. The highest BCUT2D eigenvalue weighted by Crippen LogP contribution is 2.35. The Hall–Kier alpha value is -0.670. The minimum absolute atomic E-state index is 0.308. The maximum atomic E-state index is 12.6. The van der Waals surface area contributed by atoms with Gasteiger partial charge in [0.05, 0.1) is 16.2 Å². The van der Waals surface area contributed by atoms with Gasteiger partial charge in [0.15, 0.2) is 0 Å². The van der Waals surface area contributed by atoms with E-state index in [1.165, 1.54) is 18.4 Å². The lowest BCUT2D eigenvalue weighted by atomic mass is 9.77. The van der Waals surface area contributed by atoms with Gasteiger partial charge in [-0.3, -0.25) is 0 Å². The van der Waals surface area contributed by atoms with Gasteiger partial charge in [0.1, 0.15) is 0 Å². The molecule has 4 unspecified atom stereocenters. The second-order valence-electron chi connectivity index (χ2n) is 6.47. The van der Waals surface area contributed by atoms with Gasteiger partial charge in [0.2, 0.25) is 0 Å². The van der Waals surface area contributed by atoms with Crippen molar-refractivity contribution in [2.24, 2.45) is 17.8 Å². The highest BCUT2D eigenvalue weighted by atomic mass is 32.2. The highest BCUT2D eigenvalue weighted by molar-refractivity contribution is 7.83. The maximum absolute atomic E-state index is 12.6. The number of nitrogens with one attached hydrogen (secondary N) is 1. The molecule has 0 aromatic heterocycles. The summed E-state index contributed by atoms with van der Waals surface area (Å²) in [5.74, 6) is 1.92. The Morgan fingerprint density at radius 2 is 1.95 bits per heavy atom. The van der Waals surface area contributed by atoms with Gasteiger partial charge in [-0.15, -0.1) is 0 Å². The van der Waals surface area contributed by atoms with Gasteiger partial charge in [-0.1, -0.05) is 57.5 Å². The van der Waals surface area contributed by atoms with E-state index in [-0.39, 0.29) is 0 Å². The summed E-state index contributed by atoms with van der Waals surface area (Å²) in [4.78, 5) is 0. The van der Waals surface area contributed by atoms with E-state index in [1.54, 1.807) is 0 Å². The smallest absolute Gasteiger partial charge is 0.0953 e. The summed E-state index contributed by atoms with van der Waals surface area (Å²) in [6.07, 6.45) is 3.61. The van der Waals surface area contributed by atoms with Crippen LogP contribution >= 0.6 is 0 Å². The van der Waals surface area contributed by atoms with Crippen molar-refractivity contribution in [2.45, 2.75) is 51.8 Å². The molecule has 0 aliphatic heterocycles. The lowest BCUT2D eigenvalue weighted by molar-refractivity contribution is 0.240. The molecule has 20 heavy (non-hydrogen) atoms. The summed E-state index contributed by atoms with van der Waals surface area (Å²) < 4.78 is 15.9. The van der Waals surface area contributed by atoms with Gasteiger partial charge in [-0.25, -0.2) is 8.93 Å². The molecule has 2 rings (SSSR count). The number of hydrogen-bond acceptors (Lipinski definition) is 1. The lowest BCUT2D eigenvalue weighted by Crippen LogP contribution is -2.40. The fourth-order valence-electron chi connectivity index (χ4n) is 3.22. The van der Waals surface area contributed by atoms with Gasteiger partial charge in [0, 0.05) is 6.54 Å². The summed E-state index contributed by atoms with van der Waals surface area (Å²) in [6, 6.07) is 10.2. The van der Waals surface area contributed by atoms with Crippen LogP contribution in [0, 0.1) is 17.8 Å². The fourth-order valence-corrected chi connectivity index (χ4v) is 5.01. The first-order valence-corrected chi connectivity index (χ1v) is 8.97. The first-order chi connectivity index (χ1) is 9.58. The van der Waals surface area contributed by atoms with E-state index < -0.39 is 11.0 Å². The van der Waals surface area contributed by atoms with Crippen molar-refractivity contribution < 1.29 is 4.21 Å². The van der Waals surface area contributed by atoms with Crippen molar-refractivity contribution in [3.05, 3.63) is 35.9 Å². The van der Waals surface area contributed by atoms with Crippen molar-refractivity contribution >= 4 is 11.0 Å². The molecule has 112 valence electrons. The van der Waals surface area contributed by atoms with Crippen LogP contribution in [0.25, 0.3) is 0 Å². The van der Waals surface area contributed by atoms with Gasteiger partial charge in [-0.2, -0.15) is 0 Å². The van der Waals surface area contributed by atoms with E-state index in [0.29, 0.717) is 29.5 Å². The Morgan fingerprint density at radius 3 is 2.60 bits per heavy atom. The van der Waals surface area contributed by atoms with Crippen molar-refractivity contribution in [1.82, 2.24) is 4.72 Å². The third kappa shape index (κ3) is 4.16. The minimum atomic E-state index is -0.928. The molecule has 1 N–H and O–H groups in total. The van der Waals surface area contributed by atoms with Crippen LogP contribution in [0.1, 0.15) is 45.6 Å². The number of hydrogen-bond donors (Lipinski definition) is 1. The molecule has 0 heterocycles.